The highest BCUT2D eigenvalue weighted by Crippen LogP contribution is 2.31. The molecule has 1 aliphatic carbocycles. The van der Waals surface area contributed by atoms with Gasteiger partial charge in [0.05, 0.1) is 12.5 Å². The third-order valence-electron chi connectivity index (χ3n) is 3.30. The van der Waals surface area contributed by atoms with Gasteiger partial charge < -0.3 is 5.32 Å². The van der Waals surface area contributed by atoms with Gasteiger partial charge in [0.2, 0.25) is 11.8 Å². The molecule has 0 radical (unpaired) electrons. The van der Waals surface area contributed by atoms with Crippen molar-refractivity contribution < 1.29 is 9.59 Å². The quantitative estimate of drug-likeness (QED) is 0.710. The first-order valence-corrected chi connectivity index (χ1v) is 6.25. The van der Waals surface area contributed by atoms with Crippen molar-refractivity contribution in [3.8, 4) is 0 Å². The topological polar surface area (TPSA) is 49.4 Å². The van der Waals surface area contributed by atoms with Crippen LogP contribution in [0.2, 0.25) is 0 Å². The van der Waals surface area contributed by atoms with E-state index in [9.17, 15) is 9.59 Å². The predicted molar refractivity (Wildman–Crippen MR) is 60.8 cm³/mol. The van der Waals surface area contributed by atoms with Crippen LogP contribution in [0.15, 0.2) is 0 Å². The molecule has 2 unspecified atom stereocenters. The summed E-state index contributed by atoms with van der Waals surface area (Å²) >= 11 is 0. The monoisotopic (exact) mass is 224 g/mol. The predicted octanol–water partition coefficient (Wildman–Crippen LogP) is 1.05. The van der Waals surface area contributed by atoms with Crippen molar-refractivity contribution in [2.75, 3.05) is 0 Å². The second-order valence-electron chi connectivity index (χ2n) is 4.95. The van der Waals surface area contributed by atoms with Crippen LogP contribution in [-0.2, 0) is 9.59 Å². The maximum atomic E-state index is 12.0. The van der Waals surface area contributed by atoms with Crippen molar-refractivity contribution in [2.45, 2.75) is 64.1 Å². The molecule has 0 spiro atoms. The van der Waals surface area contributed by atoms with Crippen molar-refractivity contribution in [1.29, 1.82) is 0 Å². The van der Waals surface area contributed by atoms with Crippen molar-refractivity contribution in [1.82, 2.24) is 10.2 Å². The van der Waals surface area contributed by atoms with Gasteiger partial charge in [-0.25, -0.2) is 0 Å². The van der Waals surface area contributed by atoms with Gasteiger partial charge in [-0.05, 0) is 26.2 Å². The van der Waals surface area contributed by atoms with E-state index in [0.29, 0.717) is 12.5 Å². The van der Waals surface area contributed by atoms with E-state index in [-0.39, 0.29) is 23.9 Å². The molecule has 2 atom stereocenters. The van der Waals surface area contributed by atoms with Crippen molar-refractivity contribution >= 4 is 11.8 Å². The lowest BCUT2D eigenvalue weighted by Crippen LogP contribution is -2.43. The Kier molecular flexibility index (Phi) is 3.28. The molecule has 0 aromatic carbocycles. The normalized spacial score (nSPS) is 27.6. The summed E-state index contributed by atoms with van der Waals surface area (Å²) in [6.45, 7) is 4.19. The third-order valence-corrected chi connectivity index (χ3v) is 3.30. The summed E-state index contributed by atoms with van der Waals surface area (Å²) in [5.74, 6) is 0.00384. The lowest BCUT2D eigenvalue weighted by atomic mass is 10.1. The van der Waals surface area contributed by atoms with Crippen LogP contribution >= 0.6 is 0 Å². The molecule has 4 nitrogen and oxygen atoms in total. The Morgan fingerprint density at radius 3 is 2.69 bits per heavy atom. The number of amides is 2. The van der Waals surface area contributed by atoms with Crippen LogP contribution < -0.4 is 5.32 Å². The fraction of sp³-hybridized carbons (Fsp3) is 0.833. The van der Waals surface area contributed by atoms with Crippen LogP contribution in [-0.4, -0.2) is 34.8 Å². The van der Waals surface area contributed by atoms with Crippen molar-refractivity contribution in [2.24, 2.45) is 0 Å². The van der Waals surface area contributed by atoms with Crippen LogP contribution in [0.25, 0.3) is 0 Å². The fourth-order valence-corrected chi connectivity index (χ4v) is 2.36. The number of carbonyl (C=O) groups is 2. The van der Waals surface area contributed by atoms with E-state index in [2.05, 4.69) is 19.2 Å². The van der Waals surface area contributed by atoms with Gasteiger partial charge in [0.1, 0.15) is 0 Å². The van der Waals surface area contributed by atoms with Crippen LogP contribution in [0.5, 0.6) is 0 Å². The molecule has 16 heavy (non-hydrogen) atoms. The molecule has 2 rings (SSSR count). The minimum absolute atomic E-state index is 0.00421. The highest BCUT2D eigenvalue weighted by molar-refractivity contribution is 6.06. The zero-order valence-electron chi connectivity index (χ0n) is 10.0. The summed E-state index contributed by atoms with van der Waals surface area (Å²) < 4.78 is 0. The van der Waals surface area contributed by atoms with Gasteiger partial charge >= 0.3 is 0 Å². The van der Waals surface area contributed by atoms with Crippen LogP contribution in [0.4, 0.5) is 0 Å². The Morgan fingerprint density at radius 2 is 2.12 bits per heavy atom. The maximum Gasteiger partial charge on any atom is 0.247 e. The number of nitrogens with zero attached hydrogens (tertiary/aromatic N) is 1. The van der Waals surface area contributed by atoms with Gasteiger partial charge in [0.15, 0.2) is 0 Å². The standard InChI is InChI=1S/C12H20N2O2/c1-3-4-8(2)13-10-7-11(15)14(12(10)16)9-5-6-9/h8-10,13H,3-7H2,1-2H3. The third kappa shape index (κ3) is 2.26. The van der Waals surface area contributed by atoms with Crippen LogP contribution in [0, 0.1) is 0 Å². The number of hydrogen-bond acceptors (Lipinski definition) is 3. The molecule has 2 amide bonds. The molecule has 1 saturated heterocycles. The van der Waals surface area contributed by atoms with E-state index in [1.807, 2.05) is 0 Å². The number of nitrogens with one attached hydrogen (secondary N) is 1. The summed E-state index contributed by atoms with van der Waals surface area (Å²) in [7, 11) is 0. The zero-order valence-corrected chi connectivity index (χ0v) is 10.0. The summed E-state index contributed by atoms with van der Waals surface area (Å²) in [5, 5.41) is 3.26. The average molecular weight is 224 g/mol. The molecule has 1 aliphatic heterocycles. The second-order valence-corrected chi connectivity index (χ2v) is 4.95. The zero-order chi connectivity index (χ0) is 11.7. The van der Waals surface area contributed by atoms with E-state index in [4.69, 9.17) is 0 Å². The molecule has 0 aromatic heterocycles. The molecule has 2 fully saturated rings. The molecular formula is C12H20N2O2. The average Bonchev–Trinajstić information content (AvgIpc) is 2.97. The van der Waals surface area contributed by atoms with E-state index in [1.54, 1.807) is 0 Å². The molecule has 2 aliphatic rings. The summed E-state index contributed by atoms with van der Waals surface area (Å²) in [5.41, 5.74) is 0. The molecule has 0 bridgehead atoms. The van der Waals surface area contributed by atoms with Gasteiger partial charge in [0.25, 0.3) is 0 Å². The molecule has 4 heteroatoms. The second kappa shape index (κ2) is 4.53. The van der Waals surface area contributed by atoms with E-state index >= 15 is 0 Å². The Bertz CT molecular complexity index is 299. The summed E-state index contributed by atoms with van der Waals surface area (Å²) in [6.07, 6.45) is 4.48. The van der Waals surface area contributed by atoms with Crippen molar-refractivity contribution in [3.05, 3.63) is 0 Å². The highest BCUT2D eigenvalue weighted by atomic mass is 16.2. The molecular weight excluding hydrogens is 204 g/mol. The lowest BCUT2D eigenvalue weighted by Gasteiger charge is -2.18. The SMILES string of the molecule is CCCC(C)NC1CC(=O)N(C2CC2)C1=O. The molecule has 1 saturated carbocycles. The first-order chi connectivity index (χ1) is 7.63. The molecule has 1 N–H and O–H groups in total. The first-order valence-electron chi connectivity index (χ1n) is 6.25. The van der Waals surface area contributed by atoms with Crippen molar-refractivity contribution in [3.63, 3.8) is 0 Å². The number of carbonyl (C=O) groups excluding carboxylic acids is 2. The number of hydrogen-bond donors (Lipinski definition) is 1. The summed E-state index contributed by atoms with van der Waals surface area (Å²) in [6, 6.07) is 0.258. The first kappa shape index (κ1) is 11.6. The largest absolute Gasteiger partial charge is 0.303 e. The van der Waals surface area contributed by atoms with Gasteiger partial charge in [-0.2, -0.15) is 0 Å². The van der Waals surface area contributed by atoms with E-state index in [1.165, 1.54) is 4.90 Å². The summed E-state index contributed by atoms with van der Waals surface area (Å²) in [4.78, 5) is 25.1. The van der Waals surface area contributed by atoms with Gasteiger partial charge in [0, 0.05) is 12.1 Å². The van der Waals surface area contributed by atoms with Crippen LogP contribution in [0.3, 0.4) is 0 Å². The Hall–Kier alpha value is -0.900. The fourth-order valence-electron chi connectivity index (χ4n) is 2.36. The maximum absolute atomic E-state index is 12.0. The lowest BCUT2D eigenvalue weighted by molar-refractivity contribution is -0.139. The minimum atomic E-state index is -0.269. The highest BCUT2D eigenvalue weighted by Gasteiger charge is 2.46. The van der Waals surface area contributed by atoms with Gasteiger partial charge in [-0.1, -0.05) is 13.3 Å². The number of imide groups is 1. The Labute approximate surface area is 96.4 Å². The van der Waals surface area contributed by atoms with Gasteiger partial charge in [-0.3, -0.25) is 14.5 Å². The van der Waals surface area contributed by atoms with E-state index < -0.39 is 0 Å². The number of likely N-dealkylation sites (tertiary alicyclic amines) is 1. The minimum Gasteiger partial charge on any atom is -0.303 e. The molecule has 0 aromatic rings. The number of rotatable bonds is 5. The smallest absolute Gasteiger partial charge is 0.247 e. The Balaban J connectivity index is 1.92. The van der Waals surface area contributed by atoms with Gasteiger partial charge in [-0.15, -0.1) is 0 Å². The molecule has 1 heterocycles. The van der Waals surface area contributed by atoms with E-state index in [0.717, 1.165) is 25.7 Å². The molecule has 90 valence electrons. The Morgan fingerprint density at radius 1 is 1.44 bits per heavy atom. The van der Waals surface area contributed by atoms with Crippen LogP contribution in [0.1, 0.15) is 46.0 Å².